The van der Waals surface area contributed by atoms with Gasteiger partial charge in [0.2, 0.25) is 5.91 Å². The van der Waals surface area contributed by atoms with Crippen LogP contribution in [0.2, 0.25) is 0 Å². The van der Waals surface area contributed by atoms with Gasteiger partial charge in [0.05, 0.1) is 12.2 Å². The number of rotatable bonds is 3. The Kier molecular flexibility index (Phi) is 5.32. The molecule has 1 aromatic heterocycles. The number of hydrogen-bond donors (Lipinski definition) is 2. The van der Waals surface area contributed by atoms with E-state index in [-0.39, 0.29) is 11.3 Å². The van der Waals surface area contributed by atoms with Crippen LogP contribution in [-0.2, 0) is 11.3 Å². The topological polar surface area (TPSA) is 69.6 Å². The van der Waals surface area contributed by atoms with E-state index in [2.05, 4.69) is 41.3 Å². The molecule has 2 saturated heterocycles. The molecule has 1 aromatic rings. The van der Waals surface area contributed by atoms with Crippen LogP contribution in [0.25, 0.3) is 0 Å². The molecule has 1 unspecified atom stereocenters. The molecule has 0 aliphatic carbocycles. The van der Waals surface area contributed by atoms with E-state index >= 15 is 0 Å². The number of carbonyl (C=O) groups is 1. The van der Waals surface area contributed by atoms with E-state index in [0.717, 1.165) is 43.4 Å². The number of likely N-dealkylation sites (tertiary alicyclic amines) is 1. The summed E-state index contributed by atoms with van der Waals surface area (Å²) in [5.41, 5.74) is 1.28. The third-order valence-electron chi connectivity index (χ3n) is 5.19. The molecule has 2 fully saturated rings. The Bertz CT molecular complexity index is 668. The van der Waals surface area contributed by atoms with Crippen molar-refractivity contribution in [1.29, 1.82) is 0 Å². The van der Waals surface area contributed by atoms with Gasteiger partial charge in [0.1, 0.15) is 5.01 Å². The Morgan fingerprint density at radius 1 is 1.52 bits per heavy atom. The summed E-state index contributed by atoms with van der Waals surface area (Å²) in [6.45, 7) is 9.88. The molecule has 0 saturated carbocycles. The molecule has 0 radical (unpaired) electrons. The molecule has 1 spiro atoms. The van der Waals surface area contributed by atoms with E-state index in [1.165, 1.54) is 10.6 Å². The van der Waals surface area contributed by atoms with Crippen LogP contribution >= 0.6 is 11.3 Å². The summed E-state index contributed by atoms with van der Waals surface area (Å²) in [4.78, 5) is 24.5. The lowest BCUT2D eigenvalue weighted by Gasteiger charge is -2.40. The first-order valence-corrected chi connectivity index (χ1v) is 9.92. The molecule has 3 rings (SSSR count). The maximum absolute atomic E-state index is 11.7. The molecular weight excluding hydrogens is 334 g/mol. The van der Waals surface area contributed by atoms with Crippen molar-refractivity contribution in [3.8, 4) is 0 Å². The lowest BCUT2D eigenvalue weighted by atomic mass is 9.79. The quantitative estimate of drug-likeness (QED) is 0.638. The van der Waals surface area contributed by atoms with Crippen molar-refractivity contribution in [2.75, 3.05) is 26.7 Å². The number of amides is 1. The Morgan fingerprint density at radius 3 is 2.92 bits per heavy atom. The van der Waals surface area contributed by atoms with Crippen LogP contribution in [0.5, 0.6) is 0 Å². The second-order valence-electron chi connectivity index (χ2n) is 7.58. The SMILES string of the molecule is CN=C(NCc1nc(C(C)C)c(C)s1)N1CCCC2(CNC(=O)C2)C1. The van der Waals surface area contributed by atoms with Crippen LogP contribution in [-0.4, -0.2) is 48.4 Å². The molecule has 25 heavy (non-hydrogen) atoms. The second kappa shape index (κ2) is 7.32. The lowest BCUT2D eigenvalue weighted by Crippen LogP contribution is -2.51. The normalized spacial score (nSPS) is 24.3. The van der Waals surface area contributed by atoms with Gasteiger partial charge in [-0.25, -0.2) is 4.98 Å². The first-order chi connectivity index (χ1) is 11.9. The summed E-state index contributed by atoms with van der Waals surface area (Å²) in [5, 5.41) is 7.58. The number of nitrogens with one attached hydrogen (secondary N) is 2. The summed E-state index contributed by atoms with van der Waals surface area (Å²) >= 11 is 1.76. The van der Waals surface area contributed by atoms with Crippen molar-refractivity contribution in [3.63, 3.8) is 0 Å². The van der Waals surface area contributed by atoms with Crippen molar-refractivity contribution < 1.29 is 4.79 Å². The van der Waals surface area contributed by atoms with Crippen molar-refractivity contribution in [3.05, 3.63) is 15.6 Å². The third-order valence-corrected chi connectivity index (χ3v) is 6.18. The summed E-state index contributed by atoms with van der Waals surface area (Å²) in [7, 11) is 1.83. The minimum Gasteiger partial charge on any atom is -0.355 e. The molecule has 2 aliphatic rings. The highest BCUT2D eigenvalue weighted by Crippen LogP contribution is 2.36. The predicted molar refractivity (Wildman–Crippen MR) is 102 cm³/mol. The zero-order chi connectivity index (χ0) is 18.0. The smallest absolute Gasteiger partial charge is 0.220 e. The summed E-state index contributed by atoms with van der Waals surface area (Å²) in [6.07, 6.45) is 2.86. The van der Waals surface area contributed by atoms with Crippen molar-refractivity contribution in [2.45, 2.75) is 52.5 Å². The fourth-order valence-corrected chi connectivity index (χ4v) is 5.02. The van der Waals surface area contributed by atoms with E-state index in [4.69, 9.17) is 4.98 Å². The van der Waals surface area contributed by atoms with Gasteiger partial charge < -0.3 is 15.5 Å². The highest BCUT2D eigenvalue weighted by Gasteiger charge is 2.42. The van der Waals surface area contributed by atoms with E-state index in [0.29, 0.717) is 18.9 Å². The number of aryl methyl sites for hydroxylation is 1. The van der Waals surface area contributed by atoms with Crippen LogP contribution in [0.4, 0.5) is 0 Å². The van der Waals surface area contributed by atoms with Gasteiger partial charge in [-0.1, -0.05) is 13.8 Å². The zero-order valence-electron chi connectivity index (χ0n) is 15.7. The molecule has 6 nitrogen and oxygen atoms in total. The largest absolute Gasteiger partial charge is 0.355 e. The van der Waals surface area contributed by atoms with Crippen LogP contribution in [0.1, 0.15) is 54.6 Å². The van der Waals surface area contributed by atoms with Crippen LogP contribution in [0.15, 0.2) is 4.99 Å². The van der Waals surface area contributed by atoms with Crippen LogP contribution in [0.3, 0.4) is 0 Å². The fraction of sp³-hybridized carbons (Fsp3) is 0.722. The first kappa shape index (κ1) is 18.2. The molecule has 138 valence electrons. The summed E-state index contributed by atoms with van der Waals surface area (Å²) in [6, 6.07) is 0. The molecule has 2 N–H and O–H groups in total. The van der Waals surface area contributed by atoms with Gasteiger partial charge in [-0.05, 0) is 25.7 Å². The molecule has 7 heteroatoms. The van der Waals surface area contributed by atoms with Gasteiger partial charge in [-0.2, -0.15) is 0 Å². The number of hydrogen-bond acceptors (Lipinski definition) is 4. The number of piperidine rings is 1. The number of thiazole rings is 1. The number of nitrogens with zero attached hydrogens (tertiary/aromatic N) is 3. The van der Waals surface area contributed by atoms with Gasteiger partial charge in [-0.3, -0.25) is 9.79 Å². The molecular formula is C18H29N5OS. The number of aromatic nitrogens is 1. The van der Waals surface area contributed by atoms with Crippen molar-refractivity contribution >= 4 is 23.2 Å². The van der Waals surface area contributed by atoms with Gasteiger partial charge in [-0.15, -0.1) is 11.3 Å². The Labute approximate surface area is 154 Å². The fourth-order valence-electron chi connectivity index (χ4n) is 3.99. The first-order valence-electron chi connectivity index (χ1n) is 9.11. The molecule has 0 bridgehead atoms. The highest BCUT2D eigenvalue weighted by molar-refractivity contribution is 7.11. The van der Waals surface area contributed by atoms with Crippen molar-refractivity contribution in [1.82, 2.24) is 20.5 Å². The number of guanidine groups is 1. The van der Waals surface area contributed by atoms with E-state index in [1.54, 1.807) is 11.3 Å². The van der Waals surface area contributed by atoms with E-state index < -0.39 is 0 Å². The lowest BCUT2D eigenvalue weighted by molar-refractivity contribution is -0.119. The van der Waals surface area contributed by atoms with Gasteiger partial charge in [0.15, 0.2) is 5.96 Å². The molecule has 0 aromatic carbocycles. The Morgan fingerprint density at radius 2 is 2.32 bits per heavy atom. The van der Waals surface area contributed by atoms with E-state index in [1.807, 2.05) is 7.05 Å². The maximum atomic E-state index is 11.7. The van der Waals surface area contributed by atoms with Gasteiger partial charge in [0.25, 0.3) is 0 Å². The maximum Gasteiger partial charge on any atom is 0.220 e. The van der Waals surface area contributed by atoms with Gasteiger partial charge in [0, 0.05) is 43.4 Å². The Balaban J connectivity index is 1.63. The minimum atomic E-state index is 0.0789. The second-order valence-corrected chi connectivity index (χ2v) is 8.87. The molecule has 1 amide bonds. The molecule has 2 aliphatic heterocycles. The molecule has 1 atom stereocenters. The average Bonchev–Trinajstić information content (AvgIpc) is 3.11. The standard InChI is InChI=1S/C18H29N5OS/c1-12(2)16-13(3)25-15(22-16)9-20-17(19-4)23-7-5-6-18(11-23)8-14(24)21-10-18/h12H,5-11H2,1-4H3,(H,19,20)(H,21,24). The molecule has 3 heterocycles. The zero-order valence-corrected chi connectivity index (χ0v) is 16.5. The Hall–Kier alpha value is -1.63. The summed E-state index contributed by atoms with van der Waals surface area (Å²) in [5.74, 6) is 1.56. The summed E-state index contributed by atoms with van der Waals surface area (Å²) < 4.78 is 0. The number of carbonyl (C=O) groups excluding carboxylic acids is 1. The van der Waals surface area contributed by atoms with Crippen molar-refractivity contribution in [2.24, 2.45) is 10.4 Å². The predicted octanol–water partition coefficient (Wildman–Crippen LogP) is 2.25. The third kappa shape index (κ3) is 3.97. The van der Waals surface area contributed by atoms with Crippen LogP contribution in [0, 0.1) is 12.3 Å². The van der Waals surface area contributed by atoms with E-state index in [9.17, 15) is 4.79 Å². The monoisotopic (exact) mass is 363 g/mol. The minimum absolute atomic E-state index is 0.0789. The highest BCUT2D eigenvalue weighted by atomic mass is 32.1. The average molecular weight is 364 g/mol. The van der Waals surface area contributed by atoms with Crippen LogP contribution < -0.4 is 10.6 Å². The number of aliphatic imine (C=N–C) groups is 1. The van der Waals surface area contributed by atoms with Gasteiger partial charge >= 0.3 is 0 Å².